The number of carbonyl (C=O) groups excluding carboxylic acids is 2. The highest BCUT2D eigenvalue weighted by Crippen LogP contribution is 1.85. The number of ether oxygens (including phenoxy) is 1. The van der Waals surface area contributed by atoms with Crippen molar-refractivity contribution >= 4 is 17.9 Å². The van der Waals surface area contributed by atoms with Gasteiger partial charge in [-0.2, -0.15) is 0 Å². The van der Waals surface area contributed by atoms with Crippen LogP contribution in [0.5, 0.6) is 0 Å². The van der Waals surface area contributed by atoms with Gasteiger partial charge < -0.3 is 14.7 Å². The summed E-state index contributed by atoms with van der Waals surface area (Å²) in [5, 5.41) is 10.2. The first-order chi connectivity index (χ1) is 7.47. The topological polar surface area (TPSA) is 95.9 Å². The third-order valence-corrected chi connectivity index (χ3v) is 1.45. The molecule has 0 aliphatic rings. The van der Waals surface area contributed by atoms with E-state index in [4.69, 9.17) is 5.11 Å². The minimum absolute atomic E-state index is 0.301. The zero-order valence-electron chi connectivity index (χ0n) is 8.93. The Morgan fingerprint density at radius 3 is 2.56 bits per heavy atom. The number of nitrogens with one attached hydrogen (secondary N) is 1. The summed E-state index contributed by atoms with van der Waals surface area (Å²) in [5.74, 6) is -1.87. The molecule has 0 aliphatic carbocycles. The number of likely N-dealkylation sites (N-methyl/N-ethyl adjacent to an activating group) is 1. The fourth-order valence-electron chi connectivity index (χ4n) is 0.758. The first-order valence-electron chi connectivity index (χ1n) is 4.42. The SMILES string of the molecule is C=CCN(C)C(=O)NC(=O)COCC(=O)O. The maximum absolute atomic E-state index is 11.2. The first-order valence-corrected chi connectivity index (χ1v) is 4.42. The quantitative estimate of drug-likeness (QED) is 0.596. The number of rotatable bonds is 6. The molecule has 7 nitrogen and oxygen atoms in total. The monoisotopic (exact) mass is 230 g/mol. The van der Waals surface area contributed by atoms with Crippen LogP contribution in [-0.2, 0) is 14.3 Å². The van der Waals surface area contributed by atoms with Crippen LogP contribution in [0.25, 0.3) is 0 Å². The number of carboxylic acid groups (broad SMARTS) is 1. The molecule has 0 saturated carbocycles. The summed E-state index contributed by atoms with van der Waals surface area (Å²) >= 11 is 0. The van der Waals surface area contributed by atoms with Crippen molar-refractivity contribution in [3.63, 3.8) is 0 Å². The second kappa shape index (κ2) is 7.41. The predicted octanol–water partition coefficient (Wildman–Crippen LogP) is -0.558. The van der Waals surface area contributed by atoms with Crippen molar-refractivity contribution in [2.45, 2.75) is 0 Å². The van der Waals surface area contributed by atoms with Gasteiger partial charge in [-0.15, -0.1) is 6.58 Å². The molecule has 0 aliphatic heterocycles. The van der Waals surface area contributed by atoms with E-state index in [9.17, 15) is 14.4 Å². The van der Waals surface area contributed by atoms with Crippen molar-refractivity contribution in [2.24, 2.45) is 0 Å². The van der Waals surface area contributed by atoms with E-state index >= 15 is 0 Å². The molecule has 0 radical (unpaired) electrons. The standard InChI is InChI=1S/C9H14N2O5/c1-3-4-11(2)9(15)10-7(12)5-16-6-8(13)14/h3H,1,4-6H2,2H3,(H,13,14)(H,10,12,15). The Kier molecular flexibility index (Phi) is 6.53. The van der Waals surface area contributed by atoms with Crippen molar-refractivity contribution < 1.29 is 24.2 Å². The molecule has 0 unspecified atom stereocenters. The molecule has 3 amide bonds. The molecule has 0 fully saturated rings. The van der Waals surface area contributed by atoms with Crippen LogP contribution in [-0.4, -0.2) is 54.7 Å². The molecule has 0 aromatic heterocycles. The van der Waals surface area contributed by atoms with Gasteiger partial charge in [0, 0.05) is 13.6 Å². The highest BCUT2D eigenvalue weighted by Gasteiger charge is 2.11. The third-order valence-electron chi connectivity index (χ3n) is 1.45. The summed E-state index contributed by atoms with van der Waals surface area (Å²) in [6.07, 6.45) is 1.50. The zero-order valence-corrected chi connectivity index (χ0v) is 8.93. The second-order valence-electron chi connectivity index (χ2n) is 2.91. The van der Waals surface area contributed by atoms with Crippen molar-refractivity contribution in [1.82, 2.24) is 10.2 Å². The van der Waals surface area contributed by atoms with E-state index in [1.807, 2.05) is 5.32 Å². The third kappa shape index (κ3) is 6.55. The smallest absolute Gasteiger partial charge is 0.329 e. The molecule has 7 heteroatoms. The van der Waals surface area contributed by atoms with Gasteiger partial charge in [0.1, 0.15) is 13.2 Å². The Balaban J connectivity index is 3.82. The Morgan fingerprint density at radius 1 is 1.44 bits per heavy atom. The van der Waals surface area contributed by atoms with Crippen molar-refractivity contribution in [1.29, 1.82) is 0 Å². The van der Waals surface area contributed by atoms with Crippen LogP contribution in [0.2, 0.25) is 0 Å². The Hall–Kier alpha value is -1.89. The van der Waals surface area contributed by atoms with Crippen molar-refractivity contribution in [2.75, 3.05) is 26.8 Å². The van der Waals surface area contributed by atoms with Gasteiger partial charge in [-0.1, -0.05) is 6.08 Å². The van der Waals surface area contributed by atoms with Crippen LogP contribution in [0.4, 0.5) is 4.79 Å². The largest absolute Gasteiger partial charge is 0.480 e. The van der Waals surface area contributed by atoms with Gasteiger partial charge >= 0.3 is 12.0 Å². The van der Waals surface area contributed by atoms with Crippen molar-refractivity contribution in [3.8, 4) is 0 Å². The van der Waals surface area contributed by atoms with Crippen LogP contribution in [0, 0.1) is 0 Å². The lowest BCUT2D eigenvalue weighted by Gasteiger charge is -2.14. The molecule has 0 aromatic carbocycles. The molecule has 0 bridgehead atoms. The molecular weight excluding hydrogens is 216 g/mol. The molecule has 0 aromatic rings. The molecule has 0 atom stereocenters. The molecule has 0 heterocycles. The van der Waals surface area contributed by atoms with E-state index in [2.05, 4.69) is 11.3 Å². The van der Waals surface area contributed by atoms with E-state index in [0.29, 0.717) is 6.54 Å². The summed E-state index contributed by atoms with van der Waals surface area (Å²) in [6.45, 7) is 2.68. The zero-order chi connectivity index (χ0) is 12.6. The minimum atomic E-state index is -1.18. The number of imide groups is 1. The van der Waals surface area contributed by atoms with Crippen LogP contribution in [0.15, 0.2) is 12.7 Å². The summed E-state index contributed by atoms with van der Waals surface area (Å²) in [5.41, 5.74) is 0. The highest BCUT2D eigenvalue weighted by molar-refractivity contribution is 5.94. The summed E-state index contributed by atoms with van der Waals surface area (Å²) in [6, 6.07) is -0.594. The second-order valence-corrected chi connectivity index (χ2v) is 2.91. The van der Waals surface area contributed by atoms with Crippen LogP contribution in [0.3, 0.4) is 0 Å². The van der Waals surface area contributed by atoms with E-state index in [-0.39, 0.29) is 0 Å². The highest BCUT2D eigenvalue weighted by atomic mass is 16.5. The van der Waals surface area contributed by atoms with Gasteiger partial charge in [0.2, 0.25) is 0 Å². The predicted molar refractivity (Wildman–Crippen MR) is 54.8 cm³/mol. The number of amides is 3. The van der Waals surface area contributed by atoms with Crippen LogP contribution >= 0.6 is 0 Å². The lowest BCUT2D eigenvalue weighted by Crippen LogP contribution is -2.42. The van der Waals surface area contributed by atoms with E-state index in [0.717, 1.165) is 0 Å². The number of hydrogen-bond acceptors (Lipinski definition) is 4. The lowest BCUT2D eigenvalue weighted by atomic mass is 10.5. The fourth-order valence-corrected chi connectivity index (χ4v) is 0.758. The normalized spacial score (nSPS) is 9.31. The number of carbonyl (C=O) groups is 3. The van der Waals surface area contributed by atoms with E-state index < -0.39 is 31.1 Å². The van der Waals surface area contributed by atoms with Crippen molar-refractivity contribution in [3.05, 3.63) is 12.7 Å². The summed E-state index contributed by atoms with van der Waals surface area (Å²) in [7, 11) is 1.49. The molecule has 0 spiro atoms. The number of carboxylic acids is 1. The maximum atomic E-state index is 11.2. The van der Waals surface area contributed by atoms with E-state index in [1.165, 1.54) is 18.0 Å². The Bertz CT molecular complexity index is 290. The van der Waals surface area contributed by atoms with E-state index in [1.54, 1.807) is 0 Å². The van der Waals surface area contributed by atoms with Gasteiger partial charge in [0.15, 0.2) is 0 Å². The van der Waals surface area contributed by atoms with Crippen LogP contribution < -0.4 is 5.32 Å². The number of aliphatic carboxylic acids is 1. The van der Waals surface area contributed by atoms with Gasteiger partial charge in [0.25, 0.3) is 5.91 Å². The Morgan fingerprint density at radius 2 is 2.06 bits per heavy atom. The molecule has 90 valence electrons. The van der Waals surface area contributed by atoms with Gasteiger partial charge in [-0.25, -0.2) is 9.59 Å². The molecular formula is C9H14N2O5. The van der Waals surface area contributed by atoms with Gasteiger partial charge in [0.05, 0.1) is 0 Å². The molecule has 16 heavy (non-hydrogen) atoms. The number of urea groups is 1. The number of nitrogens with zero attached hydrogens (tertiary/aromatic N) is 1. The summed E-state index contributed by atoms with van der Waals surface area (Å²) < 4.78 is 4.49. The molecule has 0 saturated heterocycles. The Labute approximate surface area is 92.7 Å². The minimum Gasteiger partial charge on any atom is -0.480 e. The average Bonchev–Trinajstić information content (AvgIpc) is 2.17. The number of hydrogen-bond donors (Lipinski definition) is 2. The van der Waals surface area contributed by atoms with Gasteiger partial charge in [-0.3, -0.25) is 10.1 Å². The maximum Gasteiger partial charge on any atom is 0.329 e. The van der Waals surface area contributed by atoms with Gasteiger partial charge in [-0.05, 0) is 0 Å². The summed E-state index contributed by atoms with van der Waals surface area (Å²) in [4.78, 5) is 33.5. The average molecular weight is 230 g/mol. The molecule has 2 N–H and O–H groups in total. The molecule has 0 rings (SSSR count). The van der Waals surface area contributed by atoms with Crippen LogP contribution in [0.1, 0.15) is 0 Å². The lowest BCUT2D eigenvalue weighted by molar-refractivity contribution is -0.143. The fraction of sp³-hybridized carbons (Fsp3) is 0.444. The first kappa shape index (κ1) is 14.1.